The fourth-order valence-electron chi connectivity index (χ4n) is 1.19. The van der Waals surface area contributed by atoms with Crippen molar-refractivity contribution < 1.29 is 35.9 Å². The Morgan fingerprint density at radius 3 is 2.35 bits per heavy atom. The lowest BCUT2D eigenvalue weighted by atomic mass is 10.2. The molecule has 2 N–H and O–H groups in total. The molecule has 1 aromatic rings. The summed E-state index contributed by atoms with van der Waals surface area (Å²) in [5, 5.41) is 6.69. The number of sulfonamides is 1. The molecule has 5 nitrogen and oxygen atoms in total. The van der Waals surface area contributed by atoms with E-state index in [4.69, 9.17) is 5.11 Å². The standard InChI is InChI=1S/C10H9F4NO4S/c1-5(9(16)17)20(18,19)15-6-2-3-8(11)7(4-6)10(12,13)14/h2-5,15H,1H3,(H,16,17). The first-order valence-electron chi connectivity index (χ1n) is 5.06. The van der Waals surface area contributed by atoms with Crippen molar-refractivity contribution in [2.24, 2.45) is 0 Å². The number of anilines is 1. The lowest BCUT2D eigenvalue weighted by Gasteiger charge is -2.13. The average molecular weight is 315 g/mol. The number of halogens is 4. The summed E-state index contributed by atoms with van der Waals surface area (Å²) in [6.45, 7) is 0.846. The van der Waals surface area contributed by atoms with E-state index in [0.717, 1.165) is 13.0 Å². The van der Waals surface area contributed by atoms with Crippen molar-refractivity contribution >= 4 is 21.7 Å². The zero-order valence-corrected chi connectivity index (χ0v) is 10.7. The van der Waals surface area contributed by atoms with E-state index in [1.807, 2.05) is 0 Å². The minimum absolute atomic E-state index is 0.251. The number of hydrogen-bond acceptors (Lipinski definition) is 3. The largest absolute Gasteiger partial charge is 0.480 e. The van der Waals surface area contributed by atoms with Gasteiger partial charge in [-0.15, -0.1) is 0 Å². The third-order valence-electron chi connectivity index (χ3n) is 2.35. The highest BCUT2D eigenvalue weighted by Gasteiger charge is 2.35. The van der Waals surface area contributed by atoms with Crippen molar-refractivity contribution in [1.82, 2.24) is 0 Å². The van der Waals surface area contributed by atoms with Crippen LogP contribution in [0.1, 0.15) is 12.5 Å². The maximum absolute atomic E-state index is 13.0. The molecule has 0 aromatic heterocycles. The van der Waals surface area contributed by atoms with Crippen LogP contribution in [-0.4, -0.2) is 24.7 Å². The molecule has 0 radical (unpaired) electrons. The quantitative estimate of drug-likeness (QED) is 0.833. The Kier molecular flexibility index (Phi) is 4.27. The molecule has 0 saturated heterocycles. The van der Waals surface area contributed by atoms with Crippen LogP contribution in [0.15, 0.2) is 18.2 Å². The van der Waals surface area contributed by atoms with E-state index in [1.54, 1.807) is 4.72 Å². The highest BCUT2D eigenvalue weighted by atomic mass is 32.2. The summed E-state index contributed by atoms with van der Waals surface area (Å²) in [5.74, 6) is -3.23. The minimum Gasteiger partial charge on any atom is -0.480 e. The summed E-state index contributed by atoms with van der Waals surface area (Å²) in [6.07, 6.45) is -5.00. The fourth-order valence-corrected chi connectivity index (χ4v) is 2.09. The molecule has 0 heterocycles. The maximum atomic E-state index is 13.0. The summed E-state index contributed by atoms with van der Waals surface area (Å²) < 4.78 is 75.0. The van der Waals surface area contributed by atoms with Gasteiger partial charge in [0.15, 0.2) is 5.25 Å². The summed E-state index contributed by atoms with van der Waals surface area (Å²) in [4.78, 5) is 10.6. The van der Waals surface area contributed by atoms with E-state index in [-0.39, 0.29) is 6.07 Å². The van der Waals surface area contributed by atoms with Gasteiger partial charge in [0.05, 0.1) is 5.56 Å². The first-order chi connectivity index (χ1) is 8.95. The van der Waals surface area contributed by atoms with Crippen LogP contribution in [-0.2, 0) is 21.0 Å². The van der Waals surface area contributed by atoms with Gasteiger partial charge in [0.2, 0.25) is 10.0 Å². The van der Waals surface area contributed by atoms with Gasteiger partial charge in [0.25, 0.3) is 0 Å². The second kappa shape index (κ2) is 5.27. The summed E-state index contributed by atoms with van der Waals surface area (Å²) in [7, 11) is -4.43. The van der Waals surface area contributed by atoms with Crippen molar-refractivity contribution in [3.05, 3.63) is 29.6 Å². The first kappa shape index (κ1) is 16.2. The minimum atomic E-state index is -5.00. The molecule has 0 amide bonds. The van der Waals surface area contributed by atoms with Crippen molar-refractivity contribution in [2.75, 3.05) is 4.72 Å². The molecular formula is C10H9F4NO4S. The second-order valence-corrected chi connectivity index (χ2v) is 5.82. The van der Waals surface area contributed by atoms with E-state index in [1.165, 1.54) is 0 Å². The molecule has 0 aliphatic carbocycles. The highest BCUT2D eigenvalue weighted by molar-refractivity contribution is 7.94. The smallest absolute Gasteiger partial charge is 0.419 e. The van der Waals surface area contributed by atoms with Crippen LogP contribution in [0.2, 0.25) is 0 Å². The van der Waals surface area contributed by atoms with Gasteiger partial charge in [-0.05, 0) is 25.1 Å². The van der Waals surface area contributed by atoms with Crippen molar-refractivity contribution in [3.63, 3.8) is 0 Å². The number of nitrogens with one attached hydrogen (secondary N) is 1. The average Bonchev–Trinajstić information content (AvgIpc) is 2.28. The van der Waals surface area contributed by atoms with Crippen LogP contribution in [0.4, 0.5) is 23.2 Å². The van der Waals surface area contributed by atoms with Crippen molar-refractivity contribution in [1.29, 1.82) is 0 Å². The number of carbonyl (C=O) groups is 1. The zero-order chi connectivity index (χ0) is 15.7. The number of carboxylic acid groups (broad SMARTS) is 1. The van der Waals surface area contributed by atoms with Crippen LogP contribution in [0.3, 0.4) is 0 Å². The molecule has 1 aromatic carbocycles. The molecule has 20 heavy (non-hydrogen) atoms. The number of aliphatic carboxylic acids is 1. The van der Waals surface area contributed by atoms with E-state index >= 15 is 0 Å². The topological polar surface area (TPSA) is 83.5 Å². The molecule has 0 spiro atoms. The monoisotopic (exact) mass is 315 g/mol. The van der Waals surface area contributed by atoms with E-state index in [0.29, 0.717) is 6.07 Å². The maximum Gasteiger partial charge on any atom is 0.419 e. The van der Waals surface area contributed by atoms with Crippen LogP contribution in [0, 0.1) is 5.82 Å². The summed E-state index contributed by atoms with van der Waals surface area (Å²) in [5.41, 5.74) is -2.23. The molecule has 0 aliphatic heterocycles. The summed E-state index contributed by atoms with van der Waals surface area (Å²) >= 11 is 0. The normalized spacial score (nSPS) is 13.8. The van der Waals surface area contributed by atoms with Gasteiger partial charge in [-0.3, -0.25) is 9.52 Å². The molecular weight excluding hydrogens is 306 g/mol. The highest BCUT2D eigenvalue weighted by Crippen LogP contribution is 2.33. The SMILES string of the molecule is CC(C(=O)O)S(=O)(=O)Nc1ccc(F)c(C(F)(F)F)c1. The van der Waals surface area contributed by atoms with Gasteiger partial charge in [-0.2, -0.15) is 13.2 Å². The van der Waals surface area contributed by atoms with Crippen molar-refractivity contribution in [2.45, 2.75) is 18.3 Å². The van der Waals surface area contributed by atoms with E-state index in [9.17, 15) is 30.8 Å². The molecule has 112 valence electrons. The predicted molar refractivity (Wildman–Crippen MR) is 61.0 cm³/mol. The number of rotatable bonds is 4. The number of hydrogen-bond donors (Lipinski definition) is 2. The number of benzene rings is 1. The third kappa shape index (κ3) is 3.59. The van der Waals surface area contributed by atoms with Gasteiger partial charge in [-0.1, -0.05) is 0 Å². The van der Waals surface area contributed by atoms with Gasteiger partial charge >= 0.3 is 12.1 Å². The van der Waals surface area contributed by atoms with Gasteiger partial charge in [0.1, 0.15) is 5.82 Å². The second-order valence-electron chi connectivity index (χ2n) is 3.82. The number of carboxylic acids is 1. The lowest BCUT2D eigenvalue weighted by Crippen LogP contribution is -2.32. The third-order valence-corrected chi connectivity index (χ3v) is 4.00. The fraction of sp³-hybridized carbons (Fsp3) is 0.300. The van der Waals surface area contributed by atoms with Crippen LogP contribution in [0.25, 0.3) is 0 Å². The molecule has 1 rings (SSSR count). The number of alkyl halides is 3. The molecule has 1 unspecified atom stereocenters. The summed E-state index contributed by atoms with van der Waals surface area (Å²) in [6, 6.07) is 1.45. The molecule has 10 heteroatoms. The van der Waals surface area contributed by atoms with E-state index in [2.05, 4.69) is 0 Å². The Balaban J connectivity index is 3.15. The first-order valence-corrected chi connectivity index (χ1v) is 6.61. The predicted octanol–water partition coefficient (Wildman–Crippen LogP) is 2.06. The Labute approximate surface area is 111 Å². The van der Waals surface area contributed by atoms with Crippen LogP contribution >= 0.6 is 0 Å². The molecule has 0 fully saturated rings. The Morgan fingerprint density at radius 2 is 1.90 bits per heavy atom. The van der Waals surface area contributed by atoms with Crippen molar-refractivity contribution in [3.8, 4) is 0 Å². The Hall–Kier alpha value is -1.84. The lowest BCUT2D eigenvalue weighted by molar-refractivity contribution is -0.140. The molecule has 1 atom stereocenters. The van der Waals surface area contributed by atoms with Gasteiger partial charge in [0, 0.05) is 5.69 Å². The van der Waals surface area contributed by atoms with Gasteiger partial charge in [-0.25, -0.2) is 12.8 Å². The van der Waals surface area contributed by atoms with Crippen LogP contribution in [0.5, 0.6) is 0 Å². The molecule has 0 aliphatic rings. The molecule has 0 saturated carbocycles. The Bertz CT molecular complexity index is 627. The van der Waals surface area contributed by atoms with Crippen LogP contribution < -0.4 is 4.72 Å². The van der Waals surface area contributed by atoms with Gasteiger partial charge < -0.3 is 5.11 Å². The van der Waals surface area contributed by atoms with E-state index < -0.39 is 44.5 Å². The molecule has 0 bridgehead atoms. The Morgan fingerprint density at radius 1 is 1.35 bits per heavy atom. The zero-order valence-electron chi connectivity index (χ0n) is 9.90.